The van der Waals surface area contributed by atoms with E-state index in [2.05, 4.69) is 9.97 Å². The standard InChI is InChI=1S/C10H12N2O3/c1-2-7-6-3-4-15-10(6)12-8(11-7)5-9(13)14/h2-5H2,1H3,(H,13,14). The Balaban J connectivity index is 2.38. The van der Waals surface area contributed by atoms with Crippen molar-refractivity contribution < 1.29 is 14.6 Å². The monoisotopic (exact) mass is 208 g/mol. The summed E-state index contributed by atoms with van der Waals surface area (Å²) >= 11 is 0. The van der Waals surface area contributed by atoms with Crippen LogP contribution in [0.2, 0.25) is 0 Å². The first kappa shape index (κ1) is 9.89. The fourth-order valence-electron chi connectivity index (χ4n) is 1.68. The number of carbonyl (C=O) groups is 1. The van der Waals surface area contributed by atoms with Crippen LogP contribution in [0.5, 0.6) is 5.88 Å². The van der Waals surface area contributed by atoms with Gasteiger partial charge >= 0.3 is 5.97 Å². The second kappa shape index (κ2) is 3.84. The third-order valence-corrected chi connectivity index (χ3v) is 2.34. The van der Waals surface area contributed by atoms with E-state index in [0.29, 0.717) is 18.3 Å². The van der Waals surface area contributed by atoms with Gasteiger partial charge < -0.3 is 9.84 Å². The molecular formula is C10H12N2O3. The summed E-state index contributed by atoms with van der Waals surface area (Å²) in [7, 11) is 0. The van der Waals surface area contributed by atoms with Crippen molar-refractivity contribution in [3.05, 3.63) is 17.1 Å². The predicted molar refractivity (Wildman–Crippen MR) is 51.9 cm³/mol. The molecular weight excluding hydrogens is 196 g/mol. The summed E-state index contributed by atoms with van der Waals surface area (Å²) in [4.78, 5) is 18.9. The van der Waals surface area contributed by atoms with Crippen LogP contribution in [0.1, 0.15) is 24.0 Å². The van der Waals surface area contributed by atoms with Crippen molar-refractivity contribution >= 4 is 5.97 Å². The zero-order chi connectivity index (χ0) is 10.8. The number of hydrogen-bond donors (Lipinski definition) is 1. The minimum absolute atomic E-state index is 0.149. The van der Waals surface area contributed by atoms with Crippen LogP contribution in [-0.2, 0) is 24.1 Å². The highest BCUT2D eigenvalue weighted by Crippen LogP contribution is 2.25. The highest BCUT2D eigenvalue weighted by Gasteiger charge is 2.20. The predicted octanol–water partition coefficient (Wildman–Crippen LogP) is 0.601. The number of rotatable bonds is 3. The van der Waals surface area contributed by atoms with Crippen LogP contribution in [0.25, 0.3) is 0 Å². The summed E-state index contributed by atoms with van der Waals surface area (Å²) in [6, 6.07) is 0. The van der Waals surface area contributed by atoms with Crippen LogP contribution in [0.4, 0.5) is 0 Å². The number of aromatic nitrogens is 2. The van der Waals surface area contributed by atoms with Crippen molar-refractivity contribution in [1.29, 1.82) is 0 Å². The molecule has 1 aromatic rings. The molecule has 1 aliphatic heterocycles. The number of aryl methyl sites for hydroxylation is 1. The largest absolute Gasteiger partial charge is 0.481 e. The summed E-state index contributed by atoms with van der Waals surface area (Å²) in [5.41, 5.74) is 1.94. The molecule has 5 nitrogen and oxygen atoms in total. The number of aliphatic carboxylic acids is 1. The molecule has 80 valence electrons. The van der Waals surface area contributed by atoms with Gasteiger partial charge in [-0.15, -0.1) is 0 Å². The van der Waals surface area contributed by atoms with E-state index in [0.717, 1.165) is 24.1 Å². The maximum atomic E-state index is 10.5. The molecule has 0 fully saturated rings. The fourth-order valence-corrected chi connectivity index (χ4v) is 1.68. The number of carboxylic acids is 1. The van der Waals surface area contributed by atoms with Crippen LogP contribution in [0, 0.1) is 0 Å². The molecule has 0 bridgehead atoms. The van der Waals surface area contributed by atoms with E-state index >= 15 is 0 Å². The van der Waals surface area contributed by atoms with Gasteiger partial charge in [-0.05, 0) is 6.42 Å². The van der Waals surface area contributed by atoms with E-state index in [9.17, 15) is 4.79 Å². The lowest BCUT2D eigenvalue weighted by Gasteiger charge is -2.05. The van der Waals surface area contributed by atoms with Gasteiger partial charge in [-0.2, -0.15) is 4.98 Å². The Labute approximate surface area is 87.1 Å². The van der Waals surface area contributed by atoms with Crippen LogP contribution >= 0.6 is 0 Å². The SMILES string of the molecule is CCc1nc(CC(=O)O)nc2c1CCO2. The number of hydrogen-bond acceptors (Lipinski definition) is 4. The average molecular weight is 208 g/mol. The third kappa shape index (κ3) is 1.91. The maximum Gasteiger partial charge on any atom is 0.311 e. The first-order valence-electron chi connectivity index (χ1n) is 4.94. The Morgan fingerprint density at radius 2 is 2.33 bits per heavy atom. The Morgan fingerprint density at radius 1 is 1.53 bits per heavy atom. The van der Waals surface area contributed by atoms with Crippen LogP contribution < -0.4 is 4.74 Å². The maximum absolute atomic E-state index is 10.5. The molecule has 2 rings (SSSR count). The Kier molecular flexibility index (Phi) is 2.53. The zero-order valence-electron chi connectivity index (χ0n) is 8.49. The Morgan fingerprint density at radius 3 is 3.00 bits per heavy atom. The first-order valence-corrected chi connectivity index (χ1v) is 4.94. The molecule has 1 aromatic heterocycles. The molecule has 0 radical (unpaired) electrons. The Bertz CT molecular complexity index is 404. The number of ether oxygens (including phenoxy) is 1. The lowest BCUT2D eigenvalue weighted by Crippen LogP contribution is -2.08. The lowest BCUT2D eigenvalue weighted by atomic mass is 10.1. The molecule has 0 spiro atoms. The van der Waals surface area contributed by atoms with Crippen molar-refractivity contribution in [2.45, 2.75) is 26.2 Å². The fraction of sp³-hybridized carbons (Fsp3) is 0.500. The van der Waals surface area contributed by atoms with E-state index < -0.39 is 5.97 Å². The van der Waals surface area contributed by atoms with Crippen molar-refractivity contribution in [1.82, 2.24) is 9.97 Å². The van der Waals surface area contributed by atoms with Gasteiger partial charge in [-0.3, -0.25) is 4.79 Å². The van der Waals surface area contributed by atoms with Crippen LogP contribution in [-0.4, -0.2) is 27.7 Å². The van der Waals surface area contributed by atoms with Crippen molar-refractivity contribution in [3.8, 4) is 5.88 Å². The summed E-state index contributed by atoms with van der Waals surface area (Å²) in [6.45, 7) is 2.61. The normalized spacial score (nSPS) is 13.4. The summed E-state index contributed by atoms with van der Waals surface area (Å²) < 4.78 is 5.32. The van der Waals surface area contributed by atoms with Crippen molar-refractivity contribution in [3.63, 3.8) is 0 Å². The summed E-state index contributed by atoms with van der Waals surface area (Å²) in [6.07, 6.45) is 1.45. The lowest BCUT2D eigenvalue weighted by molar-refractivity contribution is -0.136. The molecule has 0 saturated carbocycles. The summed E-state index contributed by atoms with van der Waals surface area (Å²) in [5.74, 6) is -0.0203. The average Bonchev–Trinajstić information content (AvgIpc) is 2.63. The quantitative estimate of drug-likeness (QED) is 0.787. The zero-order valence-corrected chi connectivity index (χ0v) is 8.49. The molecule has 5 heteroatoms. The molecule has 0 unspecified atom stereocenters. The molecule has 0 amide bonds. The smallest absolute Gasteiger partial charge is 0.311 e. The van der Waals surface area contributed by atoms with Crippen LogP contribution in [0.3, 0.4) is 0 Å². The van der Waals surface area contributed by atoms with Crippen LogP contribution in [0.15, 0.2) is 0 Å². The van der Waals surface area contributed by atoms with Crippen molar-refractivity contribution in [2.75, 3.05) is 6.61 Å². The topological polar surface area (TPSA) is 72.3 Å². The van der Waals surface area contributed by atoms with Gasteiger partial charge in [-0.25, -0.2) is 4.98 Å². The number of fused-ring (bicyclic) bond motifs is 1. The van der Waals surface area contributed by atoms with Gasteiger partial charge in [0.15, 0.2) is 0 Å². The molecule has 15 heavy (non-hydrogen) atoms. The minimum Gasteiger partial charge on any atom is -0.481 e. The number of carboxylic acid groups (broad SMARTS) is 1. The van der Waals surface area contributed by atoms with Gasteiger partial charge in [0.1, 0.15) is 12.2 Å². The second-order valence-electron chi connectivity index (χ2n) is 3.39. The number of nitrogens with zero attached hydrogens (tertiary/aromatic N) is 2. The van der Waals surface area contributed by atoms with E-state index in [-0.39, 0.29) is 6.42 Å². The minimum atomic E-state index is -0.921. The molecule has 0 atom stereocenters. The van der Waals surface area contributed by atoms with Gasteiger partial charge in [0, 0.05) is 12.0 Å². The molecule has 1 N–H and O–H groups in total. The highest BCUT2D eigenvalue weighted by atomic mass is 16.5. The molecule has 0 aromatic carbocycles. The molecule has 0 saturated heterocycles. The van der Waals surface area contributed by atoms with E-state index in [1.165, 1.54) is 0 Å². The van der Waals surface area contributed by atoms with E-state index in [1.54, 1.807) is 0 Å². The summed E-state index contributed by atoms with van der Waals surface area (Å²) in [5, 5.41) is 8.66. The van der Waals surface area contributed by atoms with Gasteiger partial charge in [0.2, 0.25) is 5.88 Å². The van der Waals surface area contributed by atoms with Crippen molar-refractivity contribution in [2.24, 2.45) is 0 Å². The Hall–Kier alpha value is -1.65. The van der Waals surface area contributed by atoms with Gasteiger partial charge in [0.25, 0.3) is 0 Å². The molecule has 1 aliphatic rings. The van der Waals surface area contributed by atoms with E-state index in [4.69, 9.17) is 9.84 Å². The molecule has 2 heterocycles. The molecule has 0 aliphatic carbocycles. The van der Waals surface area contributed by atoms with E-state index in [1.807, 2.05) is 6.92 Å². The third-order valence-electron chi connectivity index (χ3n) is 2.34. The van der Waals surface area contributed by atoms with Gasteiger partial charge in [0.05, 0.1) is 12.3 Å². The first-order chi connectivity index (χ1) is 7.20. The second-order valence-corrected chi connectivity index (χ2v) is 3.39. The highest BCUT2D eigenvalue weighted by molar-refractivity contribution is 5.69. The van der Waals surface area contributed by atoms with Gasteiger partial charge in [-0.1, -0.05) is 6.92 Å².